The zero-order valence-corrected chi connectivity index (χ0v) is 26.3. The number of aryl methyl sites for hydroxylation is 1. The molecule has 234 valence electrons. The highest BCUT2D eigenvalue weighted by atomic mass is 16.5. The number of carbonyl (C=O) groups excluding carboxylic acids is 2. The second-order valence-corrected chi connectivity index (χ2v) is 13.0. The average Bonchev–Trinajstić information content (AvgIpc) is 3.63. The van der Waals surface area contributed by atoms with Crippen molar-refractivity contribution in [2.75, 3.05) is 30.4 Å². The van der Waals surface area contributed by atoms with Crippen LogP contribution in [-0.2, 0) is 55.7 Å². The molecular weight excluding hydrogens is 574 g/mol. The number of rotatable bonds is 6. The summed E-state index contributed by atoms with van der Waals surface area (Å²) in [5.74, 6) is 0.371. The van der Waals surface area contributed by atoms with Crippen molar-refractivity contribution in [3.05, 3.63) is 69.0 Å². The Morgan fingerprint density at radius 3 is 2.67 bits per heavy atom. The van der Waals surface area contributed by atoms with Gasteiger partial charge < -0.3 is 14.6 Å². The zero-order valence-electron chi connectivity index (χ0n) is 26.3. The van der Waals surface area contributed by atoms with E-state index >= 15 is 0 Å². The summed E-state index contributed by atoms with van der Waals surface area (Å²) in [5.41, 5.74) is 5.94. The van der Waals surface area contributed by atoms with Gasteiger partial charge in [-0.15, -0.1) is 0 Å². The molecule has 0 aromatic carbocycles. The van der Waals surface area contributed by atoms with E-state index in [0.717, 1.165) is 38.2 Å². The van der Waals surface area contributed by atoms with Crippen LogP contribution in [0.3, 0.4) is 0 Å². The highest BCUT2D eigenvalue weighted by molar-refractivity contribution is 6.06. The van der Waals surface area contributed by atoms with Gasteiger partial charge in [-0.2, -0.15) is 10.2 Å². The third kappa shape index (κ3) is 5.20. The number of fused-ring (bicyclic) bond motifs is 4. The van der Waals surface area contributed by atoms with Crippen LogP contribution in [0.5, 0.6) is 0 Å². The number of hydrogen-bond acceptors (Lipinski definition) is 9. The van der Waals surface area contributed by atoms with E-state index in [9.17, 15) is 14.4 Å². The van der Waals surface area contributed by atoms with Crippen molar-refractivity contribution in [3.63, 3.8) is 0 Å². The molecular formula is C32H37N9O4. The third-order valence-electron chi connectivity index (χ3n) is 8.92. The molecule has 0 unspecified atom stereocenters. The minimum atomic E-state index is -0.459. The lowest BCUT2D eigenvalue weighted by Gasteiger charge is -2.31. The zero-order chi connectivity index (χ0) is 31.6. The summed E-state index contributed by atoms with van der Waals surface area (Å²) in [5, 5.41) is 12.4. The summed E-state index contributed by atoms with van der Waals surface area (Å²) in [6.07, 6.45) is 3.49. The van der Waals surface area contributed by atoms with Gasteiger partial charge in [-0.05, 0) is 49.1 Å². The van der Waals surface area contributed by atoms with E-state index in [0.29, 0.717) is 52.9 Å². The maximum atomic E-state index is 14.0. The summed E-state index contributed by atoms with van der Waals surface area (Å²) >= 11 is 0. The van der Waals surface area contributed by atoms with Crippen molar-refractivity contribution in [2.24, 2.45) is 12.5 Å². The van der Waals surface area contributed by atoms with Crippen molar-refractivity contribution in [2.45, 2.75) is 59.9 Å². The van der Waals surface area contributed by atoms with Gasteiger partial charge >= 0.3 is 5.97 Å². The third-order valence-corrected chi connectivity index (χ3v) is 8.92. The summed E-state index contributed by atoms with van der Waals surface area (Å²) < 4.78 is 10.8. The van der Waals surface area contributed by atoms with Crippen LogP contribution in [-0.4, -0.2) is 66.0 Å². The lowest BCUT2D eigenvalue weighted by Crippen LogP contribution is -2.41. The fourth-order valence-corrected chi connectivity index (χ4v) is 6.81. The molecule has 13 heteroatoms. The molecule has 2 aliphatic heterocycles. The Morgan fingerprint density at radius 2 is 1.87 bits per heavy atom. The minimum Gasteiger partial charge on any atom is -0.461 e. The number of anilines is 3. The van der Waals surface area contributed by atoms with Gasteiger partial charge in [0.25, 0.3) is 11.5 Å². The van der Waals surface area contributed by atoms with Crippen molar-refractivity contribution in [3.8, 4) is 11.3 Å². The van der Waals surface area contributed by atoms with E-state index in [4.69, 9.17) is 4.74 Å². The molecule has 3 aliphatic rings. The van der Waals surface area contributed by atoms with E-state index in [-0.39, 0.29) is 23.5 Å². The number of nitrogens with zero attached hydrogens (tertiary/aromatic N) is 8. The molecule has 0 spiro atoms. The van der Waals surface area contributed by atoms with E-state index in [1.807, 2.05) is 16.8 Å². The van der Waals surface area contributed by atoms with E-state index in [1.54, 1.807) is 30.3 Å². The first-order chi connectivity index (χ1) is 21.5. The van der Waals surface area contributed by atoms with Crippen molar-refractivity contribution >= 4 is 29.2 Å². The molecule has 1 amide bonds. The molecule has 1 aliphatic carbocycles. The van der Waals surface area contributed by atoms with E-state index in [1.165, 1.54) is 22.9 Å². The highest BCUT2D eigenvalue weighted by Gasteiger charge is 2.37. The largest absolute Gasteiger partial charge is 0.461 e. The summed E-state index contributed by atoms with van der Waals surface area (Å²) in [6.45, 7) is 9.24. The highest BCUT2D eigenvalue weighted by Crippen LogP contribution is 2.40. The number of nitrogens with one attached hydrogen (secondary N) is 1. The molecule has 0 saturated heterocycles. The number of likely N-dealkylation sites (N-methyl/N-ethyl adjacent to an activating group) is 1. The SMILES string of the molecule is CC(=O)OCc1c(-c2cc(Nc3cc4n(n3)CCN(C)C4)c(=O)n(C)n2)ccnc1N1CCn2c(cc3c2CC(C)(C)C3)C1=O. The van der Waals surface area contributed by atoms with Crippen LogP contribution in [0.2, 0.25) is 0 Å². The van der Waals surface area contributed by atoms with E-state index in [2.05, 4.69) is 50.9 Å². The van der Waals surface area contributed by atoms with Crippen LogP contribution < -0.4 is 15.8 Å². The van der Waals surface area contributed by atoms with Gasteiger partial charge in [0.05, 0.1) is 17.9 Å². The number of carbonyl (C=O) groups is 2. The van der Waals surface area contributed by atoms with Crippen LogP contribution in [0.25, 0.3) is 11.3 Å². The van der Waals surface area contributed by atoms with Gasteiger partial charge in [-0.1, -0.05) is 13.8 Å². The fourth-order valence-electron chi connectivity index (χ4n) is 6.81. The second kappa shape index (κ2) is 10.7. The van der Waals surface area contributed by atoms with Gasteiger partial charge in [0.2, 0.25) is 0 Å². The van der Waals surface area contributed by atoms with Gasteiger partial charge in [0.15, 0.2) is 5.82 Å². The lowest BCUT2D eigenvalue weighted by atomic mass is 9.90. The molecule has 45 heavy (non-hydrogen) atoms. The molecule has 0 bridgehead atoms. The lowest BCUT2D eigenvalue weighted by molar-refractivity contribution is -0.142. The van der Waals surface area contributed by atoms with Crippen molar-refractivity contribution in [1.82, 2.24) is 34.0 Å². The van der Waals surface area contributed by atoms with E-state index < -0.39 is 5.97 Å². The van der Waals surface area contributed by atoms with Crippen LogP contribution >= 0.6 is 0 Å². The summed E-state index contributed by atoms with van der Waals surface area (Å²) in [4.78, 5) is 47.6. The Labute approximate surface area is 260 Å². The number of aromatic nitrogens is 6. The average molecular weight is 612 g/mol. The Balaban J connectivity index is 1.26. The number of esters is 1. The van der Waals surface area contributed by atoms with Crippen LogP contribution in [0, 0.1) is 5.41 Å². The standard InChI is InChI=1S/C32H37N9O4/c1-19(42)45-18-23-22(24-14-25(30(43)38(5)35-24)34-28-13-21-17-37(4)8-11-41(21)36-28)6-7-33-29(23)40-10-9-39-26(31(40)44)12-20-15-32(2,3)16-27(20)39/h6-7,12-14H,8-11,15-18H2,1-5H3,(H,34,36). The van der Waals surface area contributed by atoms with Crippen molar-refractivity contribution in [1.29, 1.82) is 0 Å². The first-order valence-corrected chi connectivity index (χ1v) is 15.2. The van der Waals surface area contributed by atoms with Gasteiger partial charge in [0.1, 0.15) is 23.8 Å². The molecule has 6 heterocycles. The Kier molecular flexibility index (Phi) is 6.88. The predicted molar refractivity (Wildman–Crippen MR) is 167 cm³/mol. The van der Waals surface area contributed by atoms with Gasteiger partial charge in [-0.25, -0.2) is 9.67 Å². The quantitative estimate of drug-likeness (QED) is 0.327. The number of amides is 1. The Hall–Kier alpha value is -4.78. The molecule has 4 aromatic rings. The molecule has 0 fully saturated rings. The Morgan fingerprint density at radius 1 is 1.04 bits per heavy atom. The minimum absolute atomic E-state index is 0.113. The topological polar surface area (TPSA) is 132 Å². The molecule has 0 atom stereocenters. The maximum Gasteiger partial charge on any atom is 0.302 e. The first kappa shape index (κ1) is 29.0. The number of pyridine rings is 1. The monoisotopic (exact) mass is 611 g/mol. The smallest absolute Gasteiger partial charge is 0.302 e. The predicted octanol–water partition coefficient (Wildman–Crippen LogP) is 2.88. The molecule has 4 aromatic heterocycles. The Bertz CT molecular complexity index is 1920. The fraction of sp³-hybridized carbons (Fsp3) is 0.438. The maximum absolute atomic E-state index is 14.0. The van der Waals surface area contributed by atoms with Crippen LogP contribution in [0.1, 0.15) is 53.8 Å². The normalized spacial score (nSPS) is 17.2. The molecule has 7 rings (SSSR count). The molecule has 1 N–H and O–H groups in total. The summed E-state index contributed by atoms with van der Waals surface area (Å²) in [6, 6.07) is 7.39. The number of hydrogen-bond donors (Lipinski definition) is 1. The van der Waals surface area contributed by atoms with Crippen molar-refractivity contribution < 1.29 is 14.3 Å². The molecule has 0 radical (unpaired) electrons. The second-order valence-electron chi connectivity index (χ2n) is 13.0. The van der Waals surface area contributed by atoms with Gasteiger partial charge in [-0.3, -0.25) is 28.9 Å². The van der Waals surface area contributed by atoms with Crippen LogP contribution in [0.15, 0.2) is 35.3 Å². The number of ether oxygens (including phenoxy) is 1. The summed E-state index contributed by atoms with van der Waals surface area (Å²) in [7, 11) is 3.65. The molecule has 0 saturated carbocycles. The van der Waals surface area contributed by atoms with Gasteiger partial charge in [0, 0.05) is 69.2 Å². The van der Waals surface area contributed by atoms with Crippen LogP contribution in [0.4, 0.5) is 17.3 Å². The first-order valence-electron chi connectivity index (χ1n) is 15.2. The molecule has 13 nitrogen and oxygen atoms in total.